The van der Waals surface area contributed by atoms with Crippen LogP contribution in [0.3, 0.4) is 0 Å². The fourth-order valence-corrected chi connectivity index (χ4v) is 2.42. The quantitative estimate of drug-likeness (QED) is 0.928. The number of hydrogen-bond donors (Lipinski definition) is 1. The van der Waals surface area contributed by atoms with Crippen molar-refractivity contribution in [2.24, 2.45) is 5.92 Å². The third-order valence-electron chi connectivity index (χ3n) is 3.49. The van der Waals surface area contributed by atoms with Gasteiger partial charge >= 0.3 is 0 Å². The van der Waals surface area contributed by atoms with Gasteiger partial charge in [-0.25, -0.2) is 4.98 Å². The van der Waals surface area contributed by atoms with Gasteiger partial charge in [0.25, 0.3) is 0 Å². The molecule has 2 rings (SSSR count). The summed E-state index contributed by atoms with van der Waals surface area (Å²) in [5.41, 5.74) is 2.10. The van der Waals surface area contributed by atoms with Gasteiger partial charge < -0.3 is 10.2 Å². The molecule has 4 heteroatoms. The third-order valence-corrected chi connectivity index (χ3v) is 3.49. The maximum Gasteiger partial charge on any atom is 0.224 e. The first-order valence-corrected chi connectivity index (χ1v) is 6.82. The van der Waals surface area contributed by atoms with Crippen LogP contribution >= 0.6 is 0 Å². The number of amides is 1. The van der Waals surface area contributed by atoms with E-state index in [1.54, 1.807) is 7.05 Å². The molecule has 0 aliphatic heterocycles. The Hall–Kier alpha value is -2.10. The van der Waals surface area contributed by atoms with Gasteiger partial charge in [0.1, 0.15) is 5.82 Å². The molecule has 20 heavy (non-hydrogen) atoms. The van der Waals surface area contributed by atoms with Crippen LogP contribution < -0.4 is 10.2 Å². The second kappa shape index (κ2) is 5.90. The number of pyridine rings is 1. The van der Waals surface area contributed by atoms with Crippen molar-refractivity contribution in [1.29, 1.82) is 0 Å². The van der Waals surface area contributed by atoms with Gasteiger partial charge in [-0.1, -0.05) is 25.1 Å². The van der Waals surface area contributed by atoms with E-state index < -0.39 is 0 Å². The number of para-hydroxylation sites is 1. The van der Waals surface area contributed by atoms with Crippen LogP contribution in [0.25, 0.3) is 10.9 Å². The molecule has 1 N–H and O–H groups in total. The van der Waals surface area contributed by atoms with Crippen LogP contribution in [0.2, 0.25) is 0 Å². The molecule has 0 saturated carbocycles. The van der Waals surface area contributed by atoms with Gasteiger partial charge in [-0.05, 0) is 24.6 Å². The van der Waals surface area contributed by atoms with E-state index in [4.69, 9.17) is 4.98 Å². The molecule has 0 fully saturated rings. The summed E-state index contributed by atoms with van der Waals surface area (Å²) in [6.45, 7) is 4.62. The molecule has 1 atom stereocenters. The van der Waals surface area contributed by atoms with Crippen LogP contribution in [0.5, 0.6) is 0 Å². The Kier molecular flexibility index (Phi) is 4.23. The zero-order chi connectivity index (χ0) is 14.7. The Morgan fingerprint density at radius 2 is 2.10 bits per heavy atom. The lowest BCUT2D eigenvalue weighted by Crippen LogP contribution is -2.34. The van der Waals surface area contributed by atoms with E-state index in [9.17, 15) is 4.79 Å². The number of anilines is 1. The number of aromatic nitrogens is 1. The molecule has 1 unspecified atom stereocenters. The molecule has 1 aromatic carbocycles. The topological polar surface area (TPSA) is 45.2 Å². The van der Waals surface area contributed by atoms with Gasteiger partial charge in [0, 0.05) is 26.0 Å². The largest absolute Gasteiger partial charge is 0.359 e. The summed E-state index contributed by atoms with van der Waals surface area (Å²) in [4.78, 5) is 18.4. The van der Waals surface area contributed by atoms with E-state index >= 15 is 0 Å². The van der Waals surface area contributed by atoms with E-state index in [1.807, 2.05) is 37.1 Å². The molecule has 1 aromatic heterocycles. The summed E-state index contributed by atoms with van der Waals surface area (Å²) in [7, 11) is 3.64. The summed E-state index contributed by atoms with van der Waals surface area (Å²) in [6, 6.07) is 10.2. The smallest absolute Gasteiger partial charge is 0.224 e. The van der Waals surface area contributed by atoms with E-state index in [1.165, 1.54) is 0 Å². The van der Waals surface area contributed by atoms with Crippen molar-refractivity contribution in [3.05, 3.63) is 35.9 Å². The molecular formula is C16H21N3O. The van der Waals surface area contributed by atoms with Gasteiger partial charge in [0.2, 0.25) is 5.91 Å². The zero-order valence-electron chi connectivity index (χ0n) is 12.5. The molecule has 1 amide bonds. The Balaban J connectivity index is 2.27. The predicted molar refractivity (Wildman–Crippen MR) is 83.0 cm³/mol. The van der Waals surface area contributed by atoms with Crippen LogP contribution in [0, 0.1) is 12.8 Å². The van der Waals surface area contributed by atoms with Crippen LogP contribution in [0.4, 0.5) is 5.82 Å². The number of carbonyl (C=O) groups excluding carboxylic acids is 1. The fourth-order valence-electron chi connectivity index (χ4n) is 2.42. The highest BCUT2D eigenvalue weighted by Crippen LogP contribution is 2.22. The van der Waals surface area contributed by atoms with Crippen LogP contribution in [0.1, 0.15) is 12.5 Å². The molecule has 0 saturated heterocycles. The minimum Gasteiger partial charge on any atom is -0.359 e. The molecule has 0 radical (unpaired) electrons. The molecule has 0 aliphatic carbocycles. The molecule has 106 valence electrons. The number of rotatable bonds is 4. The lowest BCUT2D eigenvalue weighted by Gasteiger charge is -2.23. The normalized spacial score (nSPS) is 12.2. The zero-order valence-corrected chi connectivity index (χ0v) is 12.5. The average Bonchev–Trinajstić information content (AvgIpc) is 2.45. The second-order valence-corrected chi connectivity index (χ2v) is 5.22. The summed E-state index contributed by atoms with van der Waals surface area (Å²) in [5, 5.41) is 3.82. The van der Waals surface area contributed by atoms with Crippen LogP contribution in [-0.4, -0.2) is 31.5 Å². The average molecular weight is 271 g/mol. The summed E-state index contributed by atoms with van der Waals surface area (Å²) >= 11 is 0. The molecular weight excluding hydrogens is 250 g/mol. The van der Waals surface area contributed by atoms with Gasteiger partial charge in [0.15, 0.2) is 0 Å². The first-order chi connectivity index (χ1) is 9.52. The van der Waals surface area contributed by atoms with E-state index in [0.717, 1.165) is 22.3 Å². The maximum absolute atomic E-state index is 11.6. The van der Waals surface area contributed by atoms with E-state index in [-0.39, 0.29) is 11.8 Å². The Morgan fingerprint density at radius 1 is 1.40 bits per heavy atom. The monoisotopic (exact) mass is 271 g/mol. The predicted octanol–water partition coefficient (Wildman–Crippen LogP) is 2.36. The van der Waals surface area contributed by atoms with Crippen LogP contribution in [0.15, 0.2) is 30.3 Å². The van der Waals surface area contributed by atoms with E-state index in [0.29, 0.717) is 6.54 Å². The third kappa shape index (κ3) is 2.90. The molecule has 0 spiro atoms. The molecule has 1 heterocycles. The summed E-state index contributed by atoms with van der Waals surface area (Å²) in [5.74, 6) is 0.910. The van der Waals surface area contributed by atoms with Crippen molar-refractivity contribution in [2.75, 3.05) is 25.5 Å². The highest BCUT2D eigenvalue weighted by atomic mass is 16.1. The van der Waals surface area contributed by atoms with Crippen molar-refractivity contribution in [3.63, 3.8) is 0 Å². The number of hydrogen-bond acceptors (Lipinski definition) is 3. The van der Waals surface area contributed by atoms with Gasteiger partial charge in [-0.15, -0.1) is 0 Å². The minimum absolute atomic E-state index is 0.0512. The van der Waals surface area contributed by atoms with Crippen molar-refractivity contribution in [2.45, 2.75) is 13.8 Å². The minimum atomic E-state index is -0.0716. The van der Waals surface area contributed by atoms with Gasteiger partial charge in [-0.3, -0.25) is 4.79 Å². The maximum atomic E-state index is 11.6. The van der Waals surface area contributed by atoms with Gasteiger partial charge in [-0.2, -0.15) is 0 Å². The first-order valence-electron chi connectivity index (χ1n) is 6.82. The van der Waals surface area contributed by atoms with Gasteiger partial charge in [0.05, 0.1) is 11.4 Å². The number of fused-ring (bicyclic) bond motifs is 1. The van der Waals surface area contributed by atoms with Crippen molar-refractivity contribution in [1.82, 2.24) is 10.3 Å². The Labute approximate surface area is 119 Å². The number of nitrogens with one attached hydrogen (secondary N) is 1. The lowest BCUT2D eigenvalue weighted by atomic mass is 10.1. The molecule has 4 nitrogen and oxygen atoms in total. The number of carbonyl (C=O) groups is 1. The highest BCUT2D eigenvalue weighted by Gasteiger charge is 2.16. The molecule has 0 bridgehead atoms. The first kappa shape index (κ1) is 14.3. The summed E-state index contributed by atoms with van der Waals surface area (Å²) in [6.07, 6.45) is 0. The number of nitrogens with zero attached hydrogens (tertiary/aromatic N) is 2. The Morgan fingerprint density at radius 3 is 2.80 bits per heavy atom. The second-order valence-electron chi connectivity index (χ2n) is 5.22. The van der Waals surface area contributed by atoms with Crippen LogP contribution in [-0.2, 0) is 4.79 Å². The van der Waals surface area contributed by atoms with Crippen molar-refractivity contribution < 1.29 is 4.79 Å². The fraction of sp³-hybridized carbons (Fsp3) is 0.375. The van der Waals surface area contributed by atoms with Crippen molar-refractivity contribution in [3.8, 4) is 0 Å². The summed E-state index contributed by atoms with van der Waals surface area (Å²) < 4.78 is 0. The number of aryl methyl sites for hydroxylation is 1. The highest BCUT2D eigenvalue weighted by molar-refractivity contribution is 5.82. The number of benzene rings is 1. The molecule has 2 aromatic rings. The van der Waals surface area contributed by atoms with E-state index in [2.05, 4.69) is 24.4 Å². The Bertz CT molecular complexity index is 624. The van der Waals surface area contributed by atoms with Crippen molar-refractivity contribution >= 4 is 22.6 Å². The lowest BCUT2D eigenvalue weighted by molar-refractivity contribution is -0.123. The molecule has 0 aliphatic rings. The standard InChI is InChI=1S/C16H21N3O/c1-11-9-13-7-5-6-8-14(13)18-15(11)19(4)10-12(2)16(20)17-3/h5-9,12H,10H2,1-4H3,(H,17,20). The SMILES string of the molecule is CNC(=O)C(C)CN(C)c1nc2ccccc2cc1C.